The molecule has 0 heterocycles. The number of halogens is 3. The van der Waals surface area contributed by atoms with Gasteiger partial charge in [0.2, 0.25) is 5.91 Å². The van der Waals surface area contributed by atoms with E-state index < -0.39 is 18.6 Å². The second-order valence-electron chi connectivity index (χ2n) is 5.30. The summed E-state index contributed by atoms with van der Waals surface area (Å²) in [6.45, 7) is 1.85. The molecule has 0 aromatic rings. The lowest BCUT2D eigenvalue weighted by Crippen LogP contribution is -2.49. The van der Waals surface area contributed by atoms with Crippen LogP contribution in [-0.2, 0) is 4.79 Å². The van der Waals surface area contributed by atoms with Crippen LogP contribution in [0.25, 0.3) is 0 Å². The third kappa shape index (κ3) is 5.66. The SMILES string of the molecule is CCN(CC(=O)NCC(F)(F)F)C1CCCCC1CN. The highest BCUT2D eigenvalue weighted by molar-refractivity contribution is 5.78. The highest BCUT2D eigenvalue weighted by Gasteiger charge is 2.31. The third-order valence-electron chi connectivity index (χ3n) is 3.88. The van der Waals surface area contributed by atoms with Gasteiger partial charge in [0.05, 0.1) is 6.54 Å². The molecule has 1 aliphatic rings. The molecule has 0 radical (unpaired) electrons. The molecular weight excluding hydrogens is 271 g/mol. The Kier molecular flexibility index (Phi) is 6.75. The van der Waals surface area contributed by atoms with E-state index in [1.807, 2.05) is 17.1 Å². The van der Waals surface area contributed by atoms with Crippen molar-refractivity contribution in [3.8, 4) is 0 Å². The Hall–Kier alpha value is -0.820. The zero-order chi connectivity index (χ0) is 15.2. The maximum atomic E-state index is 12.1. The molecule has 1 fully saturated rings. The van der Waals surface area contributed by atoms with Crippen LogP contribution in [-0.4, -0.2) is 49.2 Å². The van der Waals surface area contributed by atoms with Crippen LogP contribution in [0.3, 0.4) is 0 Å². The lowest BCUT2D eigenvalue weighted by atomic mass is 9.83. The quantitative estimate of drug-likeness (QED) is 0.781. The smallest absolute Gasteiger partial charge is 0.346 e. The van der Waals surface area contributed by atoms with Crippen LogP contribution >= 0.6 is 0 Å². The molecule has 1 saturated carbocycles. The molecule has 0 aromatic carbocycles. The number of nitrogens with zero attached hydrogens (tertiary/aromatic N) is 1. The minimum Gasteiger partial charge on any atom is -0.346 e. The average molecular weight is 295 g/mol. The van der Waals surface area contributed by atoms with E-state index in [4.69, 9.17) is 5.73 Å². The van der Waals surface area contributed by atoms with Gasteiger partial charge in [-0.05, 0) is 31.8 Å². The summed E-state index contributed by atoms with van der Waals surface area (Å²) in [5.74, 6) is -0.246. The predicted octanol–water partition coefficient (Wildman–Crippen LogP) is 1.50. The fourth-order valence-electron chi connectivity index (χ4n) is 2.85. The minimum absolute atomic E-state index is 0.00769. The van der Waals surface area contributed by atoms with E-state index in [0.29, 0.717) is 19.0 Å². The van der Waals surface area contributed by atoms with E-state index in [-0.39, 0.29) is 12.6 Å². The largest absolute Gasteiger partial charge is 0.405 e. The number of hydrogen-bond donors (Lipinski definition) is 2. The van der Waals surface area contributed by atoms with Crippen molar-refractivity contribution in [3.63, 3.8) is 0 Å². The van der Waals surface area contributed by atoms with Gasteiger partial charge in [0.25, 0.3) is 0 Å². The van der Waals surface area contributed by atoms with E-state index in [9.17, 15) is 18.0 Å². The van der Waals surface area contributed by atoms with Gasteiger partial charge in [0, 0.05) is 6.04 Å². The summed E-state index contributed by atoms with van der Waals surface area (Å²) in [7, 11) is 0. The lowest BCUT2D eigenvalue weighted by Gasteiger charge is -2.38. The van der Waals surface area contributed by atoms with Crippen LogP contribution in [0.2, 0.25) is 0 Å². The summed E-state index contributed by atoms with van der Waals surface area (Å²) in [4.78, 5) is 13.6. The van der Waals surface area contributed by atoms with Gasteiger partial charge in [-0.25, -0.2) is 0 Å². The number of nitrogens with two attached hydrogens (primary N) is 1. The van der Waals surface area contributed by atoms with E-state index >= 15 is 0 Å². The van der Waals surface area contributed by atoms with Crippen molar-refractivity contribution in [2.75, 3.05) is 26.2 Å². The second kappa shape index (κ2) is 7.83. The average Bonchev–Trinajstić information content (AvgIpc) is 2.41. The minimum atomic E-state index is -4.36. The van der Waals surface area contributed by atoms with Gasteiger partial charge in [0.15, 0.2) is 0 Å². The first-order valence-electron chi connectivity index (χ1n) is 7.15. The Bertz CT molecular complexity index is 310. The van der Waals surface area contributed by atoms with Crippen molar-refractivity contribution in [2.24, 2.45) is 11.7 Å². The number of alkyl halides is 3. The molecular formula is C13H24F3N3O. The van der Waals surface area contributed by atoms with Crippen LogP contribution in [0.15, 0.2) is 0 Å². The molecule has 4 nitrogen and oxygen atoms in total. The summed E-state index contributed by atoms with van der Waals surface area (Å²) in [6.07, 6.45) is -0.153. The van der Waals surface area contributed by atoms with Crippen molar-refractivity contribution in [1.82, 2.24) is 10.2 Å². The maximum Gasteiger partial charge on any atom is 0.405 e. The van der Waals surface area contributed by atoms with Gasteiger partial charge in [0.1, 0.15) is 6.54 Å². The number of carbonyl (C=O) groups excluding carboxylic acids is 1. The van der Waals surface area contributed by atoms with Gasteiger partial charge in [-0.2, -0.15) is 13.2 Å². The fraction of sp³-hybridized carbons (Fsp3) is 0.923. The van der Waals surface area contributed by atoms with Crippen molar-refractivity contribution in [2.45, 2.75) is 44.8 Å². The first-order chi connectivity index (χ1) is 9.37. The van der Waals surface area contributed by atoms with Crippen molar-refractivity contribution < 1.29 is 18.0 Å². The summed E-state index contributed by atoms with van der Waals surface area (Å²) in [6, 6.07) is 0.204. The molecule has 1 aliphatic carbocycles. The molecule has 7 heteroatoms. The van der Waals surface area contributed by atoms with Crippen LogP contribution in [0.1, 0.15) is 32.6 Å². The van der Waals surface area contributed by atoms with Gasteiger partial charge < -0.3 is 11.1 Å². The molecule has 0 saturated heterocycles. The van der Waals surface area contributed by atoms with E-state index in [1.165, 1.54) is 0 Å². The standard InChI is InChI=1S/C13H24F3N3O/c1-2-19(8-12(20)18-9-13(14,15)16)11-6-4-3-5-10(11)7-17/h10-11H,2-9,17H2,1H3,(H,18,20). The summed E-state index contributed by atoms with van der Waals surface area (Å²) < 4.78 is 36.2. The normalized spacial score (nSPS) is 23.9. The van der Waals surface area contributed by atoms with E-state index in [0.717, 1.165) is 25.7 Å². The Balaban J connectivity index is 2.50. The zero-order valence-electron chi connectivity index (χ0n) is 11.9. The number of likely N-dealkylation sites (N-methyl/N-ethyl adjacent to an activating group) is 1. The lowest BCUT2D eigenvalue weighted by molar-refractivity contribution is -0.139. The van der Waals surface area contributed by atoms with E-state index in [2.05, 4.69) is 0 Å². The highest BCUT2D eigenvalue weighted by Crippen LogP contribution is 2.27. The summed E-state index contributed by atoms with van der Waals surface area (Å²) in [5.41, 5.74) is 5.76. The molecule has 2 atom stereocenters. The molecule has 0 aliphatic heterocycles. The van der Waals surface area contributed by atoms with Crippen molar-refractivity contribution in [1.29, 1.82) is 0 Å². The van der Waals surface area contributed by atoms with Crippen LogP contribution in [0, 0.1) is 5.92 Å². The van der Waals surface area contributed by atoms with Gasteiger partial charge in [-0.3, -0.25) is 9.69 Å². The van der Waals surface area contributed by atoms with Crippen molar-refractivity contribution >= 4 is 5.91 Å². The Morgan fingerprint density at radius 3 is 2.55 bits per heavy atom. The van der Waals surface area contributed by atoms with Gasteiger partial charge in [-0.15, -0.1) is 0 Å². The summed E-state index contributed by atoms with van der Waals surface area (Å²) in [5, 5.41) is 1.92. The molecule has 118 valence electrons. The van der Waals surface area contributed by atoms with Crippen LogP contribution in [0.5, 0.6) is 0 Å². The van der Waals surface area contributed by atoms with Crippen molar-refractivity contribution in [3.05, 3.63) is 0 Å². The van der Waals surface area contributed by atoms with Gasteiger partial charge >= 0.3 is 6.18 Å². The zero-order valence-corrected chi connectivity index (χ0v) is 11.9. The van der Waals surface area contributed by atoms with Gasteiger partial charge in [-0.1, -0.05) is 19.8 Å². The first kappa shape index (κ1) is 17.2. The fourth-order valence-corrected chi connectivity index (χ4v) is 2.85. The third-order valence-corrected chi connectivity index (χ3v) is 3.88. The number of rotatable bonds is 6. The number of carbonyl (C=O) groups is 1. The Morgan fingerprint density at radius 1 is 1.35 bits per heavy atom. The number of amides is 1. The molecule has 1 rings (SSSR count). The molecule has 3 N–H and O–H groups in total. The van der Waals surface area contributed by atoms with Crippen LogP contribution < -0.4 is 11.1 Å². The molecule has 0 bridgehead atoms. The predicted molar refractivity (Wildman–Crippen MR) is 71.1 cm³/mol. The molecule has 0 aromatic heterocycles. The Labute approximate surface area is 117 Å². The molecule has 0 spiro atoms. The monoisotopic (exact) mass is 295 g/mol. The number of nitrogens with one attached hydrogen (secondary N) is 1. The molecule has 1 amide bonds. The summed E-state index contributed by atoms with van der Waals surface area (Å²) >= 11 is 0. The van der Waals surface area contributed by atoms with E-state index in [1.54, 1.807) is 0 Å². The number of hydrogen-bond acceptors (Lipinski definition) is 3. The maximum absolute atomic E-state index is 12.1. The highest BCUT2D eigenvalue weighted by atomic mass is 19.4. The molecule has 20 heavy (non-hydrogen) atoms. The molecule has 2 unspecified atom stereocenters. The topological polar surface area (TPSA) is 58.4 Å². The van der Waals surface area contributed by atoms with Crippen LogP contribution in [0.4, 0.5) is 13.2 Å². The second-order valence-corrected chi connectivity index (χ2v) is 5.30. The first-order valence-corrected chi connectivity index (χ1v) is 7.15. The Morgan fingerprint density at radius 2 is 2.00 bits per heavy atom.